The van der Waals surface area contributed by atoms with Crippen LogP contribution in [0.1, 0.15) is 28.6 Å². The van der Waals surface area contributed by atoms with Crippen molar-refractivity contribution in [2.24, 2.45) is 5.92 Å². The second-order valence-corrected chi connectivity index (χ2v) is 6.20. The molecule has 0 amide bonds. The summed E-state index contributed by atoms with van der Waals surface area (Å²) >= 11 is 1.30. The summed E-state index contributed by atoms with van der Waals surface area (Å²) in [5.41, 5.74) is 0.761. The largest absolute Gasteiger partial charge is 0.496 e. The van der Waals surface area contributed by atoms with Crippen LogP contribution in [0.4, 0.5) is 4.39 Å². The van der Waals surface area contributed by atoms with Gasteiger partial charge in [0.15, 0.2) is 5.78 Å². The Labute approximate surface area is 131 Å². The zero-order chi connectivity index (χ0) is 16.3. The molecular formula is C16H17FO4S. The predicted molar refractivity (Wildman–Crippen MR) is 83.8 cm³/mol. The summed E-state index contributed by atoms with van der Waals surface area (Å²) in [4.78, 5) is 23.5. The van der Waals surface area contributed by atoms with E-state index in [1.807, 2.05) is 6.07 Å². The summed E-state index contributed by atoms with van der Waals surface area (Å²) in [6.07, 6.45) is 0.229. The van der Waals surface area contributed by atoms with Gasteiger partial charge in [-0.1, -0.05) is 6.92 Å². The topological polar surface area (TPSA) is 63.6 Å². The second-order valence-electron chi connectivity index (χ2n) is 5.12. The smallest absolute Gasteiger partial charge is 0.306 e. The number of aryl methyl sites for hydroxylation is 1. The van der Waals surface area contributed by atoms with Crippen molar-refractivity contribution in [3.63, 3.8) is 0 Å². The van der Waals surface area contributed by atoms with Crippen molar-refractivity contribution in [1.29, 1.82) is 0 Å². The molecule has 1 aromatic carbocycles. The summed E-state index contributed by atoms with van der Waals surface area (Å²) in [6, 6.07) is 5.35. The van der Waals surface area contributed by atoms with Crippen LogP contribution in [-0.4, -0.2) is 30.6 Å². The fourth-order valence-electron chi connectivity index (χ4n) is 2.20. The van der Waals surface area contributed by atoms with Gasteiger partial charge in [0.05, 0.1) is 24.6 Å². The molecule has 0 bridgehead atoms. The number of hydrogen-bond acceptors (Lipinski definition) is 4. The maximum atomic E-state index is 12.6. The minimum Gasteiger partial charge on any atom is -0.496 e. The number of ketones is 1. The fourth-order valence-corrected chi connectivity index (χ4v) is 3.26. The van der Waals surface area contributed by atoms with Gasteiger partial charge < -0.3 is 9.84 Å². The van der Waals surface area contributed by atoms with Gasteiger partial charge >= 0.3 is 5.97 Å². The van der Waals surface area contributed by atoms with Crippen molar-refractivity contribution in [3.8, 4) is 5.75 Å². The Bertz CT molecular complexity index is 707. The Balaban J connectivity index is 2.33. The van der Waals surface area contributed by atoms with Gasteiger partial charge in [-0.05, 0) is 29.1 Å². The zero-order valence-electron chi connectivity index (χ0n) is 12.4. The quantitative estimate of drug-likeness (QED) is 0.789. The van der Waals surface area contributed by atoms with Gasteiger partial charge in [-0.25, -0.2) is 0 Å². The van der Waals surface area contributed by atoms with Crippen molar-refractivity contribution in [1.82, 2.24) is 0 Å². The molecule has 0 aliphatic rings. The lowest BCUT2D eigenvalue weighted by Gasteiger charge is -2.06. The minimum absolute atomic E-state index is 0.0311. The maximum absolute atomic E-state index is 12.6. The number of carboxylic acids is 1. The Morgan fingerprint density at radius 3 is 2.68 bits per heavy atom. The van der Waals surface area contributed by atoms with Crippen LogP contribution in [0.25, 0.3) is 10.1 Å². The summed E-state index contributed by atoms with van der Waals surface area (Å²) in [5, 5.41) is 9.72. The lowest BCUT2D eigenvalue weighted by atomic mass is 10.0. The number of benzene rings is 1. The van der Waals surface area contributed by atoms with Crippen LogP contribution in [0.2, 0.25) is 0 Å². The molecule has 2 aromatic rings. The van der Waals surface area contributed by atoms with Crippen LogP contribution in [0.3, 0.4) is 0 Å². The number of carbonyl (C=O) groups excluding carboxylic acids is 1. The van der Waals surface area contributed by atoms with Gasteiger partial charge in [-0.15, -0.1) is 11.3 Å². The lowest BCUT2D eigenvalue weighted by Crippen LogP contribution is -2.13. The minimum atomic E-state index is -0.985. The number of alkyl halides is 1. The van der Waals surface area contributed by atoms with E-state index < -0.39 is 18.6 Å². The SMILES string of the molecule is COc1cc2cc(C(=O)C[C@H](C)C(=O)O)sc2cc1CCF. The first-order valence-corrected chi connectivity index (χ1v) is 7.70. The summed E-state index contributed by atoms with van der Waals surface area (Å²) in [6.45, 7) is 1.03. The van der Waals surface area contributed by atoms with Crippen molar-refractivity contribution in [2.75, 3.05) is 13.8 Å². The van der Waals surface area contributed by atoms with Crippen molar-refractivity contribution >= 4 is 33.2 Å². The van der Waals surface area contributed by atoms with Gasteiger partial charge in [0, 0.05) is 17.5 Å². The third-order valence-corrected chi connectivity index (χ3v) is 4.61. The third kappa shape index (κ3) is 3.44. The van der Waals surface area contributed by atoms with Gasteiger partial charge in [0.2, 0.25) is 0 Å². The monoisotopic (exact) mass is 324 g/mol. The highest BCUT2D eigenvalue weighted by molar-refractivity contribution is 7.20. The van der Waals surface area contributed by atoms with E-state index in [0.29, 0.717) is 10.6 Å². The number of thiophene rings is 1. The number of carbonyl (C=O) groups is 2. The molecule has 0 saturated carbocycles. The number of halogens is 1. The number of fused-ring (bicyclic) bond motifs is 1. The molecule has 0 spiro atoms. The van der Waals surface area contributed by atoms with Gasteiger partial charge in [0.1, 0.15) is 5.75 Å². The maximum Gasteiger partial charge on any atom is 0.306 e. The predicted octanol–water partition coefficient (Wildman–Crippen LogP) is 3.72. The average molecular weight is 324 g/mol. The van der Waals surface area contributed by atoms with Crippen LogP contribution in [0, 0.1) is 5.92 Å². The number of hydrogen-bond donors (Lipinski definition) is 1. The fraction of sp³-hybridized carbons (Fsp3) is 0.375. The van der Waals surface area contributed by atoms with Gasteiger partial charge in [-0.2, -0.15) is 0 Å². The molecule has 22 heavy (non-hydrogen) atoms. The second kappa shape index (κ2) is 6.87. The Hall–Kier alpha value is -1.95. The Morgan fingerprint density at radius 1 is 1.36 bits per heavy atom. The van der Waals surface area contributed by atoms with Crippen molar-refractivity contribution in [3.05, 3.63) is 28.6 Å². The van der Waals surface area contributed by atoms with Crippen LogP contribution in [0.15, 0.2) is 18.2 Å². The number of Topliss-reactive ketones (excluding diaryl/α,β-unsaturated/α-hetero) is 1. The molecular weight excluding hydrogens is 307 g/mol. The average Bonchev–Trinajstić information content (AvgIpc) is 2.89. The molecule has 1 heterocycles. The van der Waals surface area contributed by atoms with Crippen LogP contribution in [0.5, 0.6) is 5.75 Å². The standard InChI is InChI=1S/C16H17FO4S/c1-9(16(19)20)5-12(18)15-8-11-6-13(21-2)10(3-4-17)7-14(11)22-15/h6-9H,3-5H2,1-2H3,(H,19,20)/t9-/m0/s1. The first-order chi connectivity index (χ1) is 10.5. The molecule has 0 aliphatic carbocycles. The Morgan fingerprint density at radius 2 is 2.09 bits per heavy atom. The van der Waals surface area contributed by atoms with E-state index in [2.05, 4.69) is 0 Å². The van der Waals surface area contributed by atoms with E-state index in [1.165, 1.54) is 25.4 Å². The van der Waals surface area contributed by atoms with Gasteiger partial charge in [-0.3, -0.25) is 14.0 Å². The number of aliphatic carboxylic acids is 1. The molecule has 0 radical (unpaired) electrons. The molecule has 0 fully saturated rings. The molecule has 1 N–H and O–H groups in total. The lowest BCUT2D eigenvalue weighted by molar-refractivity contribution is -0.141. The molecule has 1 aromatic heterocycles. The molecule has 6 heteroatoms. The highest BCUT2D eigenvalue weighted by Crippen LogP contribution is 2.33. The van der Waals surface area contributed by atoms with Crippen molar-refractivity contribution in [2.45, 2.75) is 19.8 Å². The third-order valence-electron chi connectivity index (χ3n) is 3.47. The number of ether oxygens (including phenoxy) is 1. The van der Waals surface area contributed by atoms with Crippen molar-refractivity contribution < 1.29 is 23.8 Å². The highest BCUT2D eigenvalue weighted by Gasteiger charge is 2.19. The molecule has 0 unspecified atom stereocenters. The van der Waals surface area contributed by atoms with Crippen LogP contribution >= 0.6 is 11.3 Å². The summed E-state index contributed by atoms with van der Waals surface area (Å²) in [5.74, 6) is -1.29. The van der Waals surface area contributed by atoms with E-state index in [1.54, 1.807) is 12.1 Å². The molecule has 0 saturated heterocycles. The Kier molecular flexibility index (Phi) is 5.13. The van der Waals surface area contributed by atoms with E-state index in [-0.39, 0.29) is 18.6 Å². The van der Waals surface area contributed by atoms with Crippen LogP contribution < -0.4 is 4.74 Å². The van der Waals surface area contributed by atoms with Gasteiger partial charge in [0.25, 0.3) is 0 Å². The van der Waals surface area contributed by atoms with Crippen LogP contribution in [-0.2, 0) is 11.2 Å². The first-order valence-electron chi connectivity index (χ1n) is 6.88. The number of carboxylic acid groups (broad SMARTS) is 1. The number of methoxy groups -OCH3 is 1. The van der Waals surface area contributed by atoms with E-state index in [0.717, 1.165) is 15.6 Å². The molecule has 118 valence electrons. The summed E-state index contributed by atoms with van der Waals surface area (Å²) in [7, 11) is 1.52. The number of rotatable bonds is 7. The van der Waals surface area contributed by atoms with E-state index in [4.69, 9.17) is 9.84 Å². The molecule has 2 rings (SSSR count). The molecule has 4 nitrogen and oxygen atoms in total. The zero-order valence-corrected chi connectivity index (χ0v) is 13.2. The normalized spacial score (nSPS) is 12.3. The molecule has 0 aliphatic heterocycles. The van der Waals surface area contributed by atoms with E-state index in [9.17, 15) is 14.0 Å². The molecule has 1 atom stereocenters. The summed E-state index contributed by atoms with van der Waals surface area (Å²) < 4.78 is 18.7. The highest BCUT2D eigenvalue weighted by atomic mass is 32.1. The van der Waals surface area contributed by atoms with E-state index >= 15 is 0 Å². The first kappa shape index (κ1) is 16.4.